The van der Waals surface area contributed by atoms with Crippen LogP contribution in [0.15, 0.2) is 18.5 Å². The summed E-state index contributed by atoms with van der Waals surface area (Å²) in [5, 5.41) is 0.848. The largest absolute Gasteiger partial charge is 0.383 e. The zero-order valence-corrected chi connectivity index (χ0v) is 16.9. The molecule has 29 heavy (non-hydrogen) atoms. The molecule has 0 saturated heterocycles. The van der Waals surface area contributed by atoms with Crippen LogP contribution in [0.1, 0.15) is 41.8 Å². The van der Waals surface area contributed by atoms with Gasteiger partial charge in [0.15, 0.2) is 0 Å². The minimum Gasteiger partial charge on any atom is -0.383 e. The summed E-state index contributed by atoms with van der Waals surface area (Å²) in [6, 6.07) is 1.93. The molecule has 3 aromatic heterocycles. The Bertz CT molecular complexity index is 1190. The number of carbonyl (C=O) groups is 1. The number of fused-ring (bicyclic) bond motifs is 1. The quantitative estimate of drug-likeness (QED) is 0.550. The number of aromatic nitrogens is 4. The van der Waals surface area contributed by atoms with Crippen LogP contribution >= 0.6 is 0 Å². The standard InChI is InChI=1S/C23H23N5O/c1-5-17-10-13(2)18(14(3)27-17)21-19(16-8-6-15(11-29)7-9-16)20-22(24)25-12-26-23(20)28(21)4/h1,8,10-12,15H,6-7,9H2,2-4H3,(H2,24,25,26). The van der Waals surface area contributed by atoms with Gasteiger partial charge in [0.1, 0.15) is 29.8 Å². The maximum Gasteiger partial charge on any atom is 0.146 e. The van der Waals surface area contributed by atoms with Crippen LogP contribution in [0, 0.1) is 32.1 Å². The fraction of sp³-hybridized carbons (Fsp3) is 0.304. The van der Waals surface area contributed by atoms with Crippen molar-refractivity contribution in [3.05, 3.63) is 41.0 Å². The zero-order valence-electron chi connectivity index (χ0n) is 16.9. The number of pyridine rings is 1. The van der Waals surface area contributed by atoms with Crippen LogP contribution in [0.3, 0.4) is 0 Å². The number of carbonyl (C=O) groups excluding carboxylic acids is 1. The van der Waals surface area contributed by atoms with Gasteiger partial charge in [-0.25, -0.2) is 15.0 Å². The average molecular weight is 385 g/mol. The molecule has 3 heterocycles. The molecule has 0 fully saturated rings. The van der Waals surface area contributed by atoms with Crippen LogP contribution in [0.25, 0.3) is 27.9 Å². The molecule has 1 aliphatic carbocycles. The van der Waals surface area contributed by atoms with Gasteiger partial charge < -0.3 is 15.1 Å². The number of terminal acetylenes is 1. The molecule has 0 amide bonds. The van der Waals surface area contributed by atoms with Gasteiger partial charge >= 0.3 is 0 Å². The van der Waals surface area contributed by atoms with Crippen LogP contribution in [0.2, 0.25) is 0 Å². The van der Waals surface area contributed by atoms with Gasteiger partial charge in [0.05, 0.1) is 11.1 Å². The van der Waals surface area contributed by atoms with E-state index < -0.39 is 0 Å². The average Bonchev–Trinajstić information content (AvgIpc) is 3.01. The smallest absolute Gasteiger partial charge is 0.146 e. The first kappa shape index (κ1) is 18.9. The number of hydrogen-bond donors (Lipinski definition) is 1. The van der Waals surface area contributed by atoms with E-state index in [1.807, 2.05) is 27.0 Å². The van der Waals surface area contributed by atoms with E-state index in [2.05, 4.69) is 31.5 Å². The lowest BCUT2D eigenvalue weighted by Crippen LogP contribution is -2.08. The molecule has 4 rings (SSSR count). The molecule has 146 valence electrons. The number of allylic oxidation sites excluding steroid dienone is 2. The summed E-state index contributed by atoms with van der Waals surface area (Å²) in [5.74, 6) is 3.15. The second-order valence-corrected chi connectivity index (χ2v) is 7.57. The van der Waals surface area contributed by atoms with E-state index in [-0.39, 0.29) is 5.92 Å². The summed E-state index contributed by atoms with van der Waals surface area (Å²) >= 11 is 0. The third kappa shape index (κ3) is 2.99. The molecule has 0 spiro atoms. The Morgan fingerprint density at radius 2 is 2.10 bits per heavy atom. The molecule has 1 atom stereocenters. The van der Waals surface area contributed by atoms with Crippen molar-refractivity contribution >= 4 is 28.7 Å². The third-order valence-electron chi connectivity index (χ3n) is 5.74. The van der Waals surface area contributed by atoms with Crippen molar-refractivity contribution < 1.29 is 4.79 Å². The predicted octanol–water partition coefficient (Wildman–Crippen LogP) is 3.59. The predicted molar refractivity (Wildman–Crippen MR) is 115 cm³/mol. The van der Waals surface area contributed by atoms with Crippen molar-refractivity contribution in [2.45, 2.75) is 33.1 Å². The molecule has 6 heteroatoms. The van der Waals surface area contributed by atoms with Crippen LogP contribution in [-0.2, 0) is 11.8 Å². The lowest BCUT2D eigenvalue weighted by atomic mass is 9.85. The molecule has 0 aliphatic heterocycles. The van der Waals surface area contributed by atoms with Crippen molar-refractivity contribution in [3.63, 3.8) is 0 Å². The number of aryl methyl sites for hydroxylation is 3. The first-order chi connectivity index (χ1) is 14.0. The van der Waals surface area contributed by atoms with Gasteiger partial charge in [-0.05, 0) is 50.3 Å². The minimum atomic E-state index is 0.0748. The van der Waals surface area contributed by atoms with Crippen LogP contribution in [-0.4, -0.2) is 25.8 Å². The fourth-order valence-electron chi connectivity index (χ4n) is 4.35. The number of nitrogen functional groups attached to an aromatic ring is 1. The van der Waals surface area contributed by atoms with E-state index in [0.717, 1.165) is 64.7 Å². The maximum absolute atomic E-state index is 11.2. The molecule has 2 N–H and O–H groups in total. The van der Waals surface area contributed by atoms with Crippen LogP contribution in [0.4, 0.5) is 5.82 Å². The highest BCUT2D eigenvalue weighted by Crippen LogP contribution is 2.43. The summed E-state index contributed by atoms with van der Waals surface area (Å²) in [4.78, 5) is 24.6. The molecular formula is C23H23N5O. The summed E-state index contributed by atoms with van der Waals surface area (Å²) in [7, 11) is 1.99. The van der Waals surface area contributed by atoms with E-state index in [4.69, 9.17) is 12.2 Å². The summed E-state index contributed by atoms with van der Waals surface area (Å²) < 4.78 is 2.06. The van der Waals surface area contributed by atoms with E-state index in [0.29, 0.717) is 11.5 Å². The monoisotopic (exact) mass is 385 g/mol. The molecule has 0 radical (unpaired) electrons. The van der Waals surface area contributed by atoms with Crippen LogP contribution in [0.5, 0.6) is 0 Å². The van der Waals surface area contributed by atoms with Crippen molar-refractivity contribution in [2.75, 3.05) is 5.73 Å². The zero-order chi connectivity index (χ0) is 20.7. The number of nitrogens with two attached hydrogens (primary N) is 1. The lowest BCUT2D eigenvalue weighted by molar-refractivity contribution is -0.111. The topological polar surface area (TPSA) is 86.7 Å². The van der Waals surface area contributed by atoms with E-state index >= 15 is 0 Å². The first-order valence-corrected chi connectivity index (χ1v) is 9.65. The maximum atomic E-state index is 11.2. The SMILES string of the molecule is C#Cc1cc(C)c(-c2c(C3=CCC(C=O)CC3)c3c(N)ncnc3n2C)c(C)n1. The van der Waals surface area contributed by atoms with Gasteiger partial charge in [0, 0.05) is 29.8 Å². The number of rotatable bonds is 3. The lowest BCUT2D eigenvalue weighted by Gasteiger charge is -2.20. The molecular weight excluding hydrogens is 362 g/mol. The van der Waals surface area contributed by atoms with Gasteiger partial charge in [-0.3, -0.25) is 0 Å². The summed E-state index contributed by atoms with van der Waals surface area (Å²) in [6.07, 6.45) is 12.6. The summed E-state index contributed by atoms with van der Waals surface area (Å²) in [5.41, 5.74) is 13.9. The fourth-order valence-corrected chi connectivity index (χ4v) is 4.35. The molecule has 0 bridgehead atoms. The minimum absolute atomic E-state index is 0.0748. The Hall–Kier alpha value is -3.46. The van der Waals surface area contributed by atoms with Gasteiger partial charge in [0.25, 0.3) is 0 Å². The van der Waals surface area contributed by atoms with Crippen molar-refractivity contribution in [2.24, 2.45) is 13.0 Å². The first-order valence-electron chi connectivity index (χ1n) is 9.65. The molecule has 6 nitrogen and oxygen atoms in total. The molecule has 3 aromatic rings. The Balaban J connectivity index is 2.07. The third-order valence-corrected chi connectivity index (χ3v) is 5.74. The highest BCUT2D eigenvalue weighted by Gasteiger charge is 2.27. The van der Waals surface area contributed by atoms with Crippen molar-refractivity contribution in [1.82, 2.24) is 19.5 Å². The Morgan fingerprint density at radius 1 is 1.31 bits per heavy atom. The van der Waals surface area contributed by atoms with E-state index in [9.17, 15) is 4.79 Å². The number of nitrogens with zero attached hydrogens (tertiary/aromatic N) is 4. The normalized spacial score (nSPS) is 16.5. The second-order valence-electron chi connectivity index (χ2n) is 7.57. The van der Waals surface area contributed by atoms with Gasteiger partial charge in [0.2, 0.25) is 0 Å². The molecule has 1 unspecified atom stereocenters. The highest BCUT2D eigenvalue weighted by atomic mass is 16.1. The van der Waals surface area contributed by atoms with E-state index in [1.54, 1.807) is 0 Å². The van der Waals surface area contributed by atoms with Crippen LogP contribution < -0.4 is 5.73 Å². The summed E-state index contributed by atoms with van der Waals surface area (Å²) in [6.45, 7) is 4.01. The highest BCUT2D eigenvalue weighted by molar-refractivity contribution is 6.04. The molecule has 0 aromatic carbocycles. The number of anilines is 1. The van der Waals surface area contributed by atoms with Crippen molar-refractivity contribution in [1.29, 1.82) is 0 Å². The van der Waals surface area contributed by atoms with E-state index in [1.165, 1.54) is 11.9 Å². The Morgan fingerprint density at radius 3 is 2.72 bits per heavy atom. The number of hydrogen-bond acceptors (Lipinski definition) is 5. The molecule has 1 aliphatic rings. The van der Waals surface area contributed by atoms with Gasteiger partial charge in [-0.15, -0.1) is 6.42 Å². The Kier molecular flexibility index (Phi) is 4.67. The van der Waals surface area contributed by atoms with Gasteiger partial charge in [-0.2, -0.15) is 0 Å². The van der Waals surface area contributed by atoms with Crippen molar-refractivity contribution in [3.8, 4) is 23.6 Å². The van der Waals surface area contributed by atoms with Gasteiger partial charge in [-0.1, -0.05) is 12.0 Å². The number of aldehydes is 1. The Labute approximate surface area is 169 Å². The molecule has 0 saturated carbocycles. The second kappa shape index (κ2) is 7.17.